The fourth-order valence-electron chi connectivity index (χ4n) is 1.84. The van der Waals surface area contributed by atoms with Gasteiger partial charge in [-0.2, -0.15) is 4.98 Å². The van der Waals surface area contributed by atoms with Gasteiger partial charge in [0.1, 0.15) is 5.78 Å². The summed E-state index contributed by atoms with van der Waals surface area (Å²) in [5.41, 5.74) is 3.71. The van der Waals surface area contributed by atoms with Crippen LogP contribution in [0.4, 0.5) is 0 Å². The van der Waals surface area contributed by atoms with Gasteiger partial charge in [-0.15, -0.1) is 0 Å². The maximum Gasteiger partial charge on any atom is 0.227 e. The molecule has 0 N–H and O–H groups in total. The number of hydrogen-bond donors (Lipinski definition) is 0. The first kappa shape index (κ1) is 13.5. The molecule has 1 aromatic carbocycles. The Balaban J connectivity index is 2.02. The number of aromatic nitrogens is 2. The number of Topliss-reactive ketones (excluding diaryl/α,β-unsaturated/α-hetero) is 1. The van der Waals surface area contributed by atoms with Gasteiger partial charge in [-0.1, -0.05) is 23.4 Å². The van der Waals surface area contributed by atoms with E-state index in [1.807, 2.05) is 0 Å². The molecule has 19 heavy (non-hydrogen) atoms. The number of aryl methyl sites for hydroxylation is 3. The highest BCUT2D eigenvalue weighted by Gasteiger charge is 2.08. The van der Waals surface area contributed by atoms with Gasteiger partial charge in [-0.3, -0.25) is 0 Å². The third kappa shape index (κ3) is 3.74. The van der Waals surface area contributed by atoms with Gasteiger partial charge in [0.2, 0.25) is 5.89 Å². The molecule has 0 saturated heterocycles. The van der Waals surface area contributed by atoms with Crippen molar-refractivity contribution in [3.8, 4) is 0 Å². The maximum atomic E-state index is 10.9. The monoisotopic (exact) mass is 258 g/mol. The lowest BCUT2D eigenvalue weighted by Gasteiger charge is -2.02. The van der Waals surface area contributed by atoms with Crippen LogP contribution in [-0.4, -0.2) is 15.9 Å². The van der Waals surface area contributed by atoms with E-state index in [2.05, 4.69) is 42.2 Å². The first-order chi connectivity index (χ1) is 9.04. The molecular weight excluding hydrogens is 240 g/mol. The average Bonchev–Trinajstić information content (AvgIpc) is 2.79. The molecule has 0 fully saturated rings. The first-order valence-electron chi connectivity index (χ1n) is 6.41. The summed E-state index contributed by atoms with van der Waals surface area (Å²) in [5.74, 6) is 1.34. The second kappa shape index (κ2) is 5.78. The minimum Gasteiger partial charge on any atom is -0.339 e. The number of rotatable bonds is 5. The topological polar surface area (TPSA) is 56.0 Å². The molecule has 2 aromatic rings. The Labute approximate surface area is 112 Å². The third-order valence-electron chi connectivity index (χ3n) is 3.13. The Morgan fingerprint density at radius 2 is 2.05 bits per heavy atom. The Kier molecular flexibility index (Phi) is 4.10. The molecule has 0 saturated carbocycles. The van der Waals surface area contributed by atoms with Crippen molar-refractivity contribution in [3.05, 3.63) is 46.6 Å². The van der Waals surface area contributed by atoms with Crippen LogP contribution < -0.4 is 0 Å². The summed E-state index contributed by atoms with van der Waals surface area (Å²) in [6.45, 7) is 5.74. The van der Waals surface area contributed by atoms with Crippen LogP contribution in [-0.2, 0) is 17.6 Å². The van der Waals surface area contributed by atoms with Crippen molar-refractivity contribution in [2.45, 2.75) is 40.0 Å². The largest absolute Gasteiger partial charge is 0.339 e. The van der Waals surface area contributed by atoms with E-state index in [0.717, 1.165) is 0 Å². The van der Waals surface area contributed by atoms with Gasteiger partial charge in [-0.05, 0) is 37.5 Å². The van der Waals surface area contributed by atoms with Gasteiger partial charge in [0.25, 0.3) is 0 Å². The summed E-state index contributed by atoms with van der Waals surface area (Å²) in [5, 5.41) is 3.94. The molecule has 0 unspecified atom stereocenters. The molecule has 0 bridgehead atoms. The lowest BCUT2D eigenvalue weighted by atomic mass is 10.0. The van der Waals surface area contributed by atoms with Crippen LogP contribution in [0.2, 0.25) is 0 Å². The van der Waals surface area contributed by atoms with Crippen molar-refractivity contribution in [1.29, 1.82) is 0 Å². The van der Waals surface area contributed by atoms with Gasteiger partial charge < -0.3 is 9.32 Å². The van der Waals surface area contributed by atoms with E-state index in [0.29, 0.717) is 31.0 Å². The molecule has 0 aliphatic carbocycles. The molecule has 0 amide bonds. The number of hydrogen-bond acceptors (Lipinski definition) is 4. The third-order valence-corrected chi connectivity index (χ3v) is 3.13. The minimum absolute atomic E-state index is 0.133. The molecule has 4 heteroatoms. The molecule has 0 aliphatic heterocycles. The quantitative estimate of drug-likeness (QED) is 0.827. The number of carbonyl (C=O) groups excluding carboxylic acids is 1. The van der Waals surface area contributed by atoms with Crippen LogP contribution in [0.5, 0.6) is 0 Å². The molecule has 100 valence electrons. The van der Waals surface area contributed by atoms with Crippen molar-refractivity contribution in [2.24, 2.45) is 0 Å². The SMILES string of the molecule is CC(=O)CCc1nc(Cc2ccc(C)c(C)c2)no1. The molecular formula is C15H18N2O2. The van der Waals surface area contributed by atoms with E-state index in [9.17, 15) is 4.79 Å². The average molecular weight is 258 g/mol. The highest BCUT2D eigenvalue weighted by Crippen LogP contribution is 2.13. The van der Waals surface area contributed by atoms with E-state index in [-0.39, 0.29) is 5.78 Å². The molecule has 0 atom stereocenters. The smallest absolute Gasteiger partial charge is 0.227 e. The Bertz CT molecular complexity index is 588. The Morgan fingerprint density at radius 3 is 2.74 bits per heavy atom. The van der Waals surface area contributed by atoms with E-state index in [4.69, 9.17) is 4.52 Å². The lowest BCUT2D eigenvalue weighted by molar-refractivity contribution is -0.117. The summed E-state index contributed by atoms with van der Waals surface area (Å²) < 4.78 is 5.13. The number of carbonyl (C=O) groups is 1. The zero-order chi connectivity index (χ0) is 13.8. The van der Waals surface area contributed by atoms with Gasteiger partial charge >= 0.3 is 0 Å². The molecule has 4 nitrogen and oxygen atoms in total. The van der Waals surface area contributed by atoms with Crippen LogP contribution in [0, 0.1) is 13.8 Å². The second-order valence-corrected chi connectivity index (χ2v) is 4.90. The van der Waals surface area contributed by atoms with Crippen molar-refractivity contribution < 1.29 is 9.32 Å². The Morgan fingerprint density at radius 1 is 1.26 bits per heavy atom. The van der Waals surface area contributed by atoms with E-state index in [1.165, 1.54) is 16.7 Å². The van der Waals surface area contributed by atoms with Gasteiger partial charge in [0.05, 0.1) is 0 Å². The van der Waals surface area contributed by atoms with Crippen LogP contribution in [0.15, 0.2) is 22.7 Å². The molecule has 1 heterocycles. The number of nitrogens with zero attached hydrogens (tertiary/aromatic N) is 2. The summed E-state index contributed by atoms with van der Waals surface area (Å²) in [7, 11) is 0. The molecule has 1 aromatic heterocycles. The first-order valence-corrected chi connectivity index (χ1v) is 6.41. The summed E-state index contributed by atoms with van der Waals surface area (Å²) in [6.07, 6.45) is 1.63. The number of benzene rings is 1. The van der Waals surface area contributed by atoms with Crippen molar-refractivity contribution in [1.82, 2.24) is 10.1 Å². The molecule has 0 spiro atoms. The van der Waals surface area contributed by atoms with Gasteiger partial charge in [-0.25, -0.2) is 0 Å². The summed E-state index contributed by atoms with van der Waals surface area (Å²) >= 11 is 0. The standard InChI is InChI=1S/C15H18N2O2/c1-10-4-6-13(8-11(10)2)9-14-16-15(19-17-14)7-5-12(3)18/h4,6,8H,5,7,9H2,1-3H3. The molecule has 0 radical (unpaired) electrons. The predicted molar refractivity (Wildman–Crippen MR) is 72.0 cm³/mol. The minimum atomic E-state index is 0.133. The highest BCUT2D eigenvalue weighted by atomic mass is 16.5. The zero-order valence-corrected chi connectivity index (χ0v) is 11.6. The fraction of sp³-hybridized carbons (Fsp3) is 0.400. The fourth-order valence-corrected chi connectivity index (χ4v) is 1.84. The van der Waals surface area contributed by atoms with Crippen LogP contribution in [0.3, 0.4) is 0 Å². The van der Waals surface area contributed by atoms with Gasteiger partial charge in [0.15, 0.2) is 5.82 Å². The van der Waals surface area contributed by atoms with Gasteiger partial charge in [0, 0.05) is 19.3 Å². The van der Waals surface area contributed by atoms with Crippen molar-refractivity contribution in [3.63, 3.8) is 0 Å². The van der Waals surface area contributed by atoms with Crippen LogP contribution in [0.25, 0.3) is 0 Å². The zero-order valence-electron chi connectivity index (χ0n) is 11.6. The second-order valence-electron chi connectivity index (χ2n) is 4.90. The predicted octanol–water partition coefficient (Wildman–Crippen LogP) is 2.80. The molecule has 2 rings (SSSR count). The summed E-state index contributed by atoms with van der Waals surface area (Å²) in [4.78, 5) is 15.2. The van der Waals surface area contributed by atoms with E-state index in [1.54, 1.807) is 6.92 Å². The van der Waals surface area contributed by atoms with E-state index >= 15 is 0 Å². The lowest BCUT2D eigenvalue weighted by Crippen LogP contribution is -1.95. The molecule has 0 aliphatic rings. The van der Waals surface area contributed by atoms with Crippen LogP contribution in [0.1, 0.15) is 41.8 Å². The normalized spacial score (nSPS) is 10.7. The highest BCUT2D eigenvalue weighted by molar-refractivity contribution is 5.75. The van der Waals surface area contributed by atoms with E-state index < -0.39 is 0 Å². The van der Waals surface area contributed by atoms with Crippen LogP contribution >= 0.6 is 0 Å². The number of ketones is 1. The Hall–Kier alpha value is -1.97. The maximum absolute atomic E-state index is 10.9. The van der Waals surface area contributed by atoms with Crippen molar-refractivity contribution in [2.75, 3.05) is 0 Å². The summed E-state index contributed by atoms with van der Waals surface area (Å²) in [6, 6.07) is 6.32. The van der Waals surface area contributed by atoms with Crippen molar-refractivity contribution >= 4 is 5.78 Å².